The van der Waals surface area contributed by atoms with Crippen molar-refractivity contribution in [1.82, 2.24) is 15.2 Å². The second-order valence-electron chi connectivity index (χ2n) is 9.48. The molecule has 1 aliphatic rings. The van der Waals surface area contributed by atoms with Gasteiger partial charge in [-0.05, 0) is 81.8 Å². The number of rotatable bonds is 5. The summed E-state index contributed by atoms with van der Waals surface area (Å²) in [6.45, 7) is 8.71. The van der Waals surface area contributed by atoms with E-state index < -0.39 is 5.41 Å². The number of benzene rings is 1. The van der Waals surface area contributed by atoms with Gasteiger partial charge in [-0.1, -0.05) is 6.07 Å². The molecular formula is C27H29N5O3. The van der Waals surface area contributed by atoms with Gasteiger partial charge in [0.2, 0.25) is 0 Å². The van der Waals surface area contributed by atoms with Gasteiger partial charge in [0.1, 0.15) is 0 Å². The van der Waals surface area contributed by atoms with Gasteiger partial charge in [0.15, 0.2) is 0 Å². The maximum atomic E-state index is 13.0. The van der Waals surface area contributed by atoms with Crippen LogP contribution in [-0.2, 0) is 10.2 Å². The van der Waals surface area contributed by atoms with Gasteiger partial charge in [-0.25, -0.2) is 5.10 Å². The molecule has 1 saturated heterocycles. The molecule has 3 aromatic rings. The lowest BCUT2D eigenvalue weighted by Crippen LogP contribution is -2.25. The summed E-state index contributed by atoms with van der Waals surface area (Å²) < 4.78 is 5.47. The number of H-pyrrole nitrogens is 1. The predicted octanol–water partition coefficient (Wildman–Crippen LogP) is 4.40. The zero-order chi connectivity index (χ0) is 25.2. The van der Waals surface area contributed by atoms with Gasteiger partial charge in [-0.15, -0.1) is 0 Å². The monoisotopic (exact) mass is 471 g/mol. The van der Waals surface area contributed by atoms with E-state index in [1.54, 1.807) is 26.0 Å². The number of nitriles is 1. The second-order valence-corrected chi connectivity index (χ2v) is 9.48. The summed E-state index contributed by atoms with van der Waals surface area (Å²) in [5.74, 6) is -0.165. The van der Waals surface area contributed by atoms with Crippen molar-refractivity contribution < 1.29 is 9.53 Å². The molecule has 2 aromatic heterocycles. The Hall–Kier alpha value is -3.83. The van der Waals surface area contributed by atoms with Crippen LogP contribution in [0.2, 0.25) is 0 Å². The summed E-state index contributed by atoms with van der Waals surface area (Å²) in [6.07, 6.45) is 3.15. The number of hydrogen-bond donors (Lipinski definition) is 2. The van der Waals surface area contributed by atoms with Crippen molar-refractivity contribution in [1.29, 1.82) is 5.26 Å². The molecule has 0 radical (unpaired) electrons. The molecule has 0 atom stereocenters. The highest BCUT2D eigenvalue weighted by atomic mass is 16.5. The Kier molecular flexibility index (Phi) is 6.81. The lowest BCUT2D eigenvalue weighted by molar-refractivity contribution is 0.0849. The number of nitrogens with one attached hydrogen (secondary N) is 2. The molecular weight excluding hydrogens is 442 g/mol. The zero-order valence-corrected chi connectivity index (χ0v) is 20.4. The lowest BCUT2D eigenvalue weighted by Gasteiger charge is -2.24. The van der Waals surface area contributed by atoms with E-state index in [2.05, 4.69) is 26.6 Å². The predicted molar refractivity (Wildman–Crippen MR) is 133 cm³/mol. The molecule has 0 bridgehead atoms. The average molecular weight is 472 g/mol. The number of carbonyl (C=O) groups is 1. The van der Waals surface area contributed by atoms with Crippen molar-refractivity contribution in [3.63, 3.8) is 0 Å². The van der Waals surface area contributed by atoms with Crippen LogP contribution in [0.5, 0.6) is 0 Å². The van der Waals surface area contributed by atoms with Crippen molar-refractivity contribution in [3.8, 4) is 17.3 Å². The summed E-state index contributed by atoms with van der Waals surface area (Å²) in [5.41, 5.74) is 4.72. The number of amides is 1. The first-order valence-corrected chi connectivity index (χ1v) is 11.7. The molecule has 0 unspecified atom stereocenters. The minimum absolute atomic E-state index is 0.135. The number of ether oxygens (including phenoxy) is 1. The smallest absolute Gasteiger partial charge is 0.267 e. The minimum Gasteiger partial charge on any atom is -0.381 e. The van der Waals surface area contributed by atoms with Gasteiger partial charge < -0.3 is 10.1 Å². The Bertz CT molecular complexity index is 1360. The third-order valence-electron chi connectivity index (χ3n) is 6.60. The van der Waals surface area contributed by atoms with E-state index in [1.165, 1.54) is 6.20 Å². The average Bonchev–Trinajstić information content (AvgIpc) is 2.86. The fourth-order valence-corrected chi connectivity index (χ4v) is 4.42. The van der Waals surface area contributed by atoms with Gasteiger partial charge in [-0.2, -0.15) is 10.4 Å². The van der Waals surface area contributed by atoms with E-state index >= 15 is 0 Å². The molecule has 0 saturated carbocycles. The Morgan fingerprint density at radius 3 is 2.66 bits per heavy atom. The van der Waals surface area contributed by atoms with Crippen LogP contribution in [0.3, 0.4) is 0 Å². The van der Waals surface area contributed by atoms with Crippen LogP contribution >= 0.6 is 0 Å². The fraction of sp³-hybridized carbons (Fsp3) is 0.370. The van der Waals surface area contributed by atoms with Crippen LogP contribution in [-0.4, -0.2) is 34.3 Å². The first kappa shape index (κ1) is 24.3. The van der Waals surface area contributed by atoms with Crippen LogP contribution in [0.15, 0.2) is 41.3 Å². The summed E-state index contributed by atoms with van der Waals surface area (Å²) >= 11 is 0. The van der Waals surface area contributed by atoms with Gasteiger partial charge >= 0.3 is 0 Å². The van der Waals surface area contributed by atoms with E-state index in [9.17, 15) is 14.9 Å². The topological polar surface area (TPSA) is 121 Å². The SMILES string of the molecule is Cc1ccc(NC(=O)c2ccnc(C(C)(C)C#N)c2)cc1-c1n[nH]c(=O)c(C2CCOCC2)c1C. The first-order valence-electron chi connectivity index (χ1n) is 11.7. The fourth-order valence-electron chi connectivity index (χ4n) is 4.42. The van der Waals surface area contributed by atoms with Crippen LogP contribution in [0.1, 0.15) is 65.3 Å². The molecule has 35 heavy (non-hydrogen) atoms. The summed E-state index contributed by atoms with van der Waals surface area (Å²) in [6, 6.07) is 11.1. The number of aromatic amines is 1. The number of nitrogens with zero attached hydrogens (tertiary/aromatic N) is 3. The third-order valence-corrected chi connectivity index (χ3v) is 6.60. The number of pyridine rings is 1. The van der Waals surface area contributed by atoms with E-state index in [4.69, 9.17) is 4.74 Å². The van der Waals surface area contributed by atoms with Crippen LogP contribution in [0, 0.1) is 25.2 Å². The van der Waals surface area contributed by atoms with Crippen molar-refractivity contribution in [2.75, 3.05) is 18.5 Å². The number of aromatic nitrogens is 3. The van der Waals surface area contributed by atoms with Gasteiger partial charge in [-0.3, -0.25) is 14.6 Å². The van der Waals surface area contributed by atoms with E-state index in [-0.39, 0.29) is 17.4 Å². The third kappa shape index (κ3) is 5.00. The summed E-state index contributed by atoms with van der Waals surface area (Å²) in [4.78, 5) is 29.9. The quantitative estimate of drug-likeness (QED) is 0.569. The highest BCUT2D eigenvalue weighted by Gasteiger charge is 2.25. The minimum atomic E-state index is -0.803. The van der Waals surface area contributed by atoms with Gasteiger partial charge in [0, 0.05) is 41.8 Å². The molecule has 8 nitrogen and oxygen atoms in total. The number of carbonyl (C=O) groups excluding carboxylic acids is 1. The maximum Gasteiger partial charge on any atom is 0.267 e. The van der Waals surface area contributed by atoms with Crippen molar-refractivity contribution in [2.45, 2.75) is 51.9 Å². The summed E-state index contributed by atoms with van der Waals surface area (Å²) in [5, 5.41) is 19.4. The number of anilines is 1. The Morgan fingerprint density at radius 2 is 1.94 bits per heavy atom. The van der Waals surface area contributed by atoms with E-state index in [0.717, 1.165) is 35.1 Å². The number of aryl methyl sites for hydroxylation is 1. The molecule has 3 heterocycles. The van der Waals surface area contributed by atoms with Crippen molar-refractivity contribution in [3.05, 3.63) is 74.8 Å². The number of hydrogen-bond acceptors (Lipinski definition) is 6. The summed E-state index contributed by atoms with van der Waals surface area (Å²) in [7, 11) is 0. The standard InChI is InChI=1S/C27H29N5O3/c1-16-5-6-20(30-25(33)19-7-10-29-22(13-19)27(3,4)15-28)14-21(16)24-17(2)23(26(34)32-31-24)18-8-11-35-12-9-18/h5-7,10,13-14,18H,8-9,11-12H2,1-4H3,(H,30,33)(H,32,34). The van der Waals surface area contributed by atoms with Gasteiger partial charge in [0.05, 0.1) is 22.9 Å². The normalized spacial score (nSPS) is 14.4. The molecule has 1 aromatic carbocycles. The Labute approximate surface area is 204 Å². The lowest BCUT2D eigenvalue weighted by atomic mass is 9.88. The van der Waals surface area contributed by atoms with Gasteiger partial charge in [0.25, 0.3) is 11.5 Å². The first-order chi connectivity index (χ1) is 16.7. The largest absolute Gasteiger partial charge is 0.381 e. The molecule has 0 spiro atoms. The maximum absolute atomic E-state index is 13.0. The molecule has 1 fully saturated rings. The molecule has 1 amide bonds. The molecule has 180 valence electrons. The Morgan fingerprint density at radius 1 is 1.20 bits per heavy atom. The molecule has 2 N–H and O–H groups in total. The molecule has 4 rings (SSSR count). The molecule has 0 aliphatic carbocycles. The van der Waals surface area contributed by atoms with Crippen molar-refractivity contribution in [2.24, 2.45) is 0 Å². The highest BCUT2D eigenvalue weighted by Crippen LogP contribution is 2.33. The molecule has 1 aliphatic heterocycles. The highest BCUT2D eigenvalue weighted by molar-refractivity contribution is 6.04. The van der Waals surface area contributed by atoms with E-state index in [0.29, 0.717) is 35.9 Å². The van der Waals surface area contributed by atoms with Crippen molar-refractivity contribution >= 4 is 11.6 Å². The van der Waals surface area contributed by atoms with Crippen LogP contribution < -0.4 is 10.9 Å². The molecule has 8 heteroatoms. The van der Waals surface area contributed by atoms with Crippen LogP contribution in [0.25, 0.3) is 11.3 Å². The zero-order valence-electron chi connectivity index (χ0n) is 20.4. The second kappa shape index (κ2) is 9.80. The van der Waals surface area contributed by atoms with E-state index in [1.807, 2.05) is 32.0 Å². The van der Waals surface area contributed by atoms with Crippen LogP contribution in [0.4, 0.5) is 5.69 Å². The Balaban J connectivity index is 1.66.